The molecule has 2 nitrogen and oxygen atoms in total. The zero-order valence-electron chi connectivity index (χ0n) is 7.26. The van der Waals surface area contributed by atoms with Crippen molar-refractivity contribution in [1.29, 1.82) is 0 Å². The first-order valence-electron chi connectivity index (χ1n) is 4.11. The maximum Gasteiger partial charge on any atom is 0.222 e. The average molecular weight is 153 g/mol. The van der Waals surface area contributed by atoms with Gasteiger partial charge in [0.25, 0.3) is 0 Å². The van der Waals surface area contributed by atoms with Gasteiger partial charge in [-0.25, -0.2) is 0 Å². The van der Waals surface area contributed by atoms with Crippen LogP contribution in [0.3, 0.4) is 0 Å². The topological polar surface area (TPSA) is 20.3 Å². The number of nitrogens with zero attached hydrogens (tertiary/aromatic N) is 1. The van der Waals surface area contributed by atoms with Gasteiger partial charge in [-0.3, -0.25) is 4.79 Å². The molecule has 0 atom stereocenters. The van der Waals surface area contributed by atoms with Gasteiger partial charge in [-0.2, -0.15) is 0 Å². The molecule has 62 valence electrons. The highest BCUT2D eigenvalue weighted by atomic mass is 16.2. The van der Waals surface area contributed by atoms with Crippen LogP contribution in [-0.2, 0) is 4.79 Å². The maximum atomic E-state index is 11.1. The van der Waals surface area contributed by atoms with Crippen LogP contribution in [-0.4, -0.2) is 23.9 Å². The molecule has 0 aliphatic carbocycles. The number of amides is 1. The number of rotatable bonds is 2. The van der Waals surface area contributed by atoms with Crippen molar-refractivity contribution < 1.29 is 4.79 Å². The van der Waals surface area contributed by atoms with Crippen LogP contribution in [0.5, 0.6) is 0 Å². The molecule has 0 bridgehead atoms. The van der Waals surface area contributed by atoms with Gasteiger partial charge in [0.15, 0.2) is 0 Å². The molecule has 0 radical (unpaired) electrons. The SMILES string of the molecule is CC(C)=CCN1CCCC1=O. The Morgan fingerprint density at radius 2 is 2.36 bits per heavy atom. The van der Waals surface area contributed by atoms with E-state index in [9.17, 15) is 4.79 Å². The van der Waals surface area contributed by atoms with Crippen molar-refractivity contribution in [3.05, 3.63) is 11.6 Å². The third-order valence-corrected chi connectivity index (χ3v) is 1.89. The lowest BCUT2D eigenvalue weighted by molar-refractivity contribution is -0.127. The van der Waals surface area contributed by atoms with E-state index in [4.69, 9.17) is 0 Å². The molecule has 0 unspecified atom stereocenters. The summed E-state index contributed by atoms with van der Waals surface area (Å²) in [5.41, 5.74) is 1.28. The van der Waals surface area contributed by atoms with Crippen LogP contribution in [0.2, 0.25) is 0 Å². The highest BCUT2D eigenvalue weighted by molar-refractivity contribution is 5.78. The summed E-state index contributed by atoms with van der Waals surface area (Å²) in [6, 6.07) is 0. The zero-order valence-corrected chi connectivity index (χ0v) is 7.26. The summed E-state index contributed by atoms with van der Waals surface area (Å²) >= 11 is 0. The third kappa shape index (κ3) is 2.37. The van der Waals surface area contributed by atoms with E-state index >= 15 is 0 Å². The molecule has 1 rings (SSSR count). The van der Waals surface area contributed by atoms with Crippen molar-refractivity contribution in [3.8, 4) is 0 Å². The van der Waals surface area contributed by atoms with Gasteiger partial charge in [-0.1, -0.05) is 11.6 Å². The first-order chi connectivity index (χ1) is 5.20. The summed E-state index contributed by atoms with van der Waals surface area (Å²) in [7, 11) is 0. The fourth-order valence-corrected chi connectivity index (χ4v) is 1.19. The largest absolute Gasteiger partial charge is 0.339 e. The molecular weight excluding hydrogens is 138 g/mol. The summed E-state index contributed by atoms with van der Waals surface area (Å²) in [4.78, 5) is 13.0. The van der Waals surface area contributed by atoms with Crippen molar-refractivity contribution in [2.75, 3.05) is 13.1 Å². The van der Waals surface area contributed by atoms with Crippen LogP contribution in [0, 0.1) is 0 Å². The molecule has 1 amide bonds. The number of hydrogen-bond acceptors (Lipinski definition) is 1. The van der Waals surface area contributed by atoms with Crippen LogP contribution < -0.4 is 0 Å². The van der Waals surface area contributed by atoms with Gasteiger partial charge >= 0.3 is 0 Å². The van der Waals surface area contributed by atoms with Gasteiger partial charge in [-0.15, -0.1) is 0 Å². The van der Waals surface area contributed by atoms with Crippen LogP contribution in [0.1, 0.15) is 26.7 Å². The number of allylic oxidation sites excluding steroid dienone is 1. The predicted octanol–water partition coefficient (Wildman–Crippen LogP) is 1.58. The number of hydrogen-bond donors (Lipinski definition) is 0. The minimum absolute atomic E-state index is 0.308. The fraction of sp³-hybridized carbons (Fsp3) is 0.667. The van der Waals surface area contributed by atoms with E-state index in [0.717, 1.165) is 25.9 Å². The minimum atomic E-state index is 0.308. The Morgan fingerprint density at radius 3 is 2.82 bits per heavy atom. The standard InChI is InChI=1S/C9H15NO/c1-8(2)5-7-10-6-3-4-9(10)11/h5H,3-4,6-7H2,1-2H3. The Kier molecular flexibility index (Phi) is 2.69. The van der Waals surface area contributed by atoms with Gasteiger partial charge in [0.2, 0.25) is 5.91 Å². The molecule has 0 saturated carbocycles. The molecule has 1 saturated heterocycles. The first kappa shape index (κ1) is 8.31. The highest BCUT2D eigenvalue weighted by Crippen LogP contribution is 2.09. The molecule has 0 aromatic rings. The van der Waals surface area contributed by atoms with Crippen molar-refractivity contribution in [3.63, 3.8) is 0 Å². The van der Waals surface area contributed by atoms with E-state index < -0.39 is 0 Å². The van der Waals surface area contributed by atoms with E-state index in [1.165, 1.54) is 5.57 Å². The molecule has 1 heterocycles. The van der Waals surface area contributed by atoms with Gasteiger partial charge in [0, 0.05) is 19.5 Å². The molecule has 1 aliphatic rings. The molecular formula is C9H15NO. The van der Waals surface area contributed by atoms with E-state index in [-0.39, 0.29) is 0 Å². The second-order valence-corrected chi connectivity index (χ2v) is 3.22. The van der Waals surface area contributed by atoms with Crippen LogP contribution >= 0.6 is 0 Å². The fourth-order valence-electron chi connectivity index (χ4n) is 1.19. The van der Waals surface area contributed by atoms with Gasteiger partial charge in [0.05, 0.1) is 0 Å². The van der Waals surface area contributed by atoms with E-state index in [1.807, 2.05) is 4.90 Å². The predicted molar refractivity (Wildman–Crippen MR) is 45.2 cm³/mol. The average Bonchev–Trinajstić information content (AvgIpc) is 2.31. The summed E-state index contributed by atoms with van der Waals surface area (Å²) in [6.45, 7) is 5.87. The molecule has 1 fully saturated rings. The van der Waals surface area contributed by atoms with Crippen molar-refractivity contribution in [1.82, 2.24) is 4.90 Å². The van der Waals surface area contributed by atoms with Gasteiger partial charge in [0.1, 0.15) is 0 Å². The molecule has 0 aromatic heterocycles. The van der Waals surface area contributed by atoms with Crippen LogP contribution in [0.25, 0.3) is 0 Å². The normalized spacial score (nSPS) is 17.3. The van der Waals surface area contributed by atoms with E-state index in [1.54, 1.807) is 0 Å². The summed E-state index contributed by atoms with van der Waals surface area (Å²) in [6.07, 6.45) is 3.88. The second-order valence-electron chi connectivity index (χ2n) is 3.22. The summed E-state index contributed by atoms with van der Waals surface area (Å²) in [5, 5.41) is 0. The van der Waals surface area contributed by atoms with Gasteiger partial charge < -0.3 is 4.90 Å². The molecule has 11 heavy (non-hydrogen) atoms. The van der Waals surface area contributed by atoms with E-state index in [0.29, 0.717) is 5.91 Å². The summed E-state index contributed by atoms with van der Waals surface area (Å²) < 4.78 is 0. The Morgan fingerprint density at radius 1 is 1.64 bits per heavy atom. The number of likely N-dealkylation sites (tertiary alicyclic amines) is 1. The number of carbonyl (C=O) groups excluding carboxylic acids is 1. The zero-order chi connectivity index (χ0) is 8.27. The Labute approximate surface area is 67.9 Å². The lowest BCUT2D eigenvalue weighted by atomic mass is 10.3. The lowest BCUT2D eigenvalue weighted by Crippen LogP contribution is -2.24. The molecule has 0 aromatic carbocycles. The minimum Gasteiger partial charge on any atom is -0.339 e. The first-order valence-corrected chi connectivity index (χ1v) is 4.11. The smallest absolute Gasteiger partial charge is 0.222 e. The highest BCUT2D eigenvalue weighted by Gasteiger charge is 2.17. The van der Waals surface area contributed by atoms with Crippen LogP contribution in [0.15, 0.2) is 11.6 Å². The summed E-state index contributed by atoms with van der Waals surface area (Å²) in [5.74, 6) is 0.308. The van der Waals surface area contributed by atoms with Crippen molar-refractivity contribution in [2.24, 2.45) is 0 Å². The van der Waals surface area contributed by atoms with Crippen molar-refractivity contribution >= 4 is 5.91 Å². The second kappa shape index (κ2) is 3.56. The lowest BCUT2D eigenvalue weighted by Gasteiger charge is -2.12. The van der Waals surface area contributed by atoms with Gasteiger partial charge in [-0.05, 0) is 20.3 Å². The maximum absolute atomic E-state index is 11.1. The number of carbonyl (C=O) groups is 1. The Hall–Kier alpha value is -0.790. The van der Waals surface area contributed by atoms with Crippen LogP contribution in [0.4, 0.5) is 0 Å². The monoisotopic (exact) mass is 153 g/mol. The molecule has 0 spiro atoms. The van der Waals surface area contributed by atoms with E-state index in [2.05, 4.69) is 19.9 Å². The Balaban J connectivity index is 2.37. The molecule has 1 aliphatic heterocycles. The van der Waals surface area contributed by atoms with Crippen molar-refractivity contribution in [2.45, 2.75) is 26.7 Å². The Bertz CT molecular complexity index is 180. The molecule has 0 N–H and O–H groups in total. The molecule has 2 heteroatoms. The quantitative estimate of drug-likeness (QED) is 0.551. The third-order valence-electron chi connectivity index (χ3n) is 1.89.